The van der Waals surface area contributed by atoms with E-state index in [0.29, 0.717) is 18.4 Å². The summed E-state index contributed by atoms with van der Waals surface area (Å²) in [6, 6.07) is 11.6. The normalized spacial score (nSPS) is 16.2. The number of hydrogen-bond acceptors (Lipinski definition) is 5. The van der Waals surface area contributed by atoms with E-state index in [1.54, 1.807) is 24.3 Å². The standard InChI is InChI=1S/C21H22F3N3O4S/c1-15-2-8-19(9-3-15)32(29,30)27-12-10-17(11-13-27)20(28)26-25-14-16-4-6-18(7-5-16)31-21(22,23)24/h2-9,14,17H,10-13H2,1H3,(H,26,28)/b25-14-. The zero-order valence-corrected chi connectivity index (χ0v) is 18.0. The molecule has 2 aromatic rings. The molecule has 2 aromatic carbocycles. The molecule has 1 aliphatic heterocycles. The summed E-state index contributed by atoms with van der Waals surface area (Å²) in [7, 11) is -3.60. The highest BCUT2D eigenvalue weighted by molar-refractivity contribution is 7.89. The van der Waals surface area contributed by atoms with Gasteiger partial charge in [0.25, 0.3) is 0 Å². The first-order chi connectivity index (χ1) is 15.0. The Morgan fingerprint density at radius 1 is 1.09 bits per heavy atom. The molecule has 0 aliphatic carbocycles. The van der Waals surface area contributed by atoms with Crippen molar-refractivity contribution in [2.45, 2.75) is 31.0 Å². The molecule has 1 amide bonds. The molecule has 0 aromatic heterocycles. The molecule has 1 aliphatic rings. The molecule has 0 unspecified atom stereocenters. The van der Waals surface area contributed by atoms with Crippen LogP contribution in [0.3, 0.4) is 0 Å². The highest BCUT2D eigenvalue weighted by atomic mass is 32.2. The summed E-state index contributed by atoms with van der Waals surface area (Å²) in [5, 5.41) is 3.83. The van der Waals surface area contributed by atoms with Gasteiger partial charge in [0.2, 0.25) is 15.9 Å². The van der Waals surface area contributed by atoms with E-state index in [-0.39, 0.29) is 35.6 Å². The van der Waals surface area contributed by atoms with Gasteiger partial charge >= 0.3 is 6.36 Å². The number of hydrogen-bond donors (Lipinski definition) is 1. The number of piperidine rings is 1. The SMILES string of the molecule is Cc1ccc(S(=O)(=O)N2CCC(C(=O)N/N=C\c3ccc(OC(F)(F)F)cc3)CC2)cc1. The van der Waals surface area contributed by atoms with Gasteiger partial charge in [0, 0.05) is 19.0 Å². The van der Waals surface area contributed by atoms with Crippen LogP contribution in [0.5, 0.6) is 5.75 Å². The number of hydrazone groups is 1. The highest BCUT2D eigenvalue weighted by Crippen LogP contribution is 2.24. The van der Waals surface area contributed by atoms with Crippen LogP contribution in [0.2, 0.25) is 0 Å². The number of aryl methyl sites for hydroxylation is 1. The highest BCUT2D eigenvalue weighted by Gasteiger charge is 2.32. The zero-order chi connectivity index (χ0) is 23.4. The van der Waals surface area contributed by atoms with Crippen molar-refractivity contribution < 1.29 is 31.1 Å². The second-order valence-electron chi connectivity index (χ2n) is 7.34. The number of alkyl halides is 3. The van der Waals surface area contributed by atoms with Crippen LogP contribution >= 0.6 is 0 Å². The van der Waals surface area contributed by atoms with Crippen LogP contribution in [-0.2, 0) is 14.8 Å². The van der Waals surface area contributed by atoms with Crippen LogP contribution in [0.4, 0.5) is 13.2 Å². The molecule has 11 heteroatoms. The molecule has 1 saturated heterocycles. The van der Waals surface area contributed by atoms with Gasteiger partial charge in [-0.05, 0) is 61.7 Å². The first kappa shape index (κ1) is 23.7. The summed E-state index contributed by atoms with van der Waals surface area (Å²) in [5.41, 5.74) is 3.83. The Labute approximate surface area is 183 Å². The van der Waals surface area contributed by atoms with Gasteiger partial charge in [-0.3, -0.25) is 4.79 Å². The summed E-state index contributed by atoms with van der Waals surface area (Å²) in [6.07, 6.45) is -2.75. The van der Waals surface area contributed by atoms with Gasteiger partial charge < -0.3 is 4.74 Å². The second-order valence-corrected chi connectivity index (χ2v) is 9.28. The maximum atomic E-state index is 12.7. The van der Waals surface area contributed by atoms with E-state index in [2.05, 4.69) is 15.3 Å². The van der Waals surface area contributed by atoms with E-state index >= 15 is 0 Å². The maximum absolute atomic E-state index is 12.7. The minimum Gasteiger partial charge on any atom is -0.406 e. The number of rotatable bonds is 6. The van der Waals surface area contributed by atoms with Gasteiger partial charge in [-0.2, -0.15) is 9.41 Å². The van der Waals surface area contributed by atoms with E-state index in [1.807, 2.05) is 6.92 Å². The number of nitrogens with one attached hydrogen (secondary N) is 1. The Bertz CT molecular complexity index is 1060. The summed E-state index contributed by atoms with van der Waals surface area (Å²) in [5.74, 6) is -1.09. The van der Waals surface area contributed by atoms with Crippen molar-refractivity contribution in [2.24, 2.45) is 11.0 Å². The fraction of sp³-hybridized carbons (Fsp3) is 0.333. The lowest BCUT2D eigenvalue weighted by atomic mass is 9.98. The maximum Gasteiger partial charge on any atom is 0.573 e. The lowest BCUT2D eigenvalue weighted by Crippen LogP contribution is -2.42. The Kier molecular flexibility index (Phi) is 7.19. The van der Waals surface area contributed by atoms with Gasteiger partial charge in [-0.25, -0.2) is 13.8 Å². The van der Waals surface area contributed by atoms with E-state index in [9.17, 15) is 26.4 Å². The van der Waals surface area contributed by atoms with Crippen LogP contribution < -0.4 is 10.2 Å². The smallest absolute Gasteiger partial charge is 0.406 e. The van der Waals surface area contributed by atoms with E-state index in [1.165, 1.54) is 22.7 Å². The molecular weight excluding hydrogens is 447 g/mol. The Morgan fingerprint density at radius 2 is 1.69 bits per heavy atom. The Hall–Kier alpha value is -2.92. The Morgan fingerprint density at radius 3 is 2.25 bits per heavy atom. The minimum atomic E-state index is -4.77. The third-order valence-electron chi connectivity index (χ3n) is 4.99. The van der Waals surface area contributed by atoms with Gasteiger partial charge in [0.15, 0.2) is 0 Å². The summed E-state index contributed by atoms with van der Waals surface area (Å²) in [6.45, 7) is 2.32. The fourth-order valence-electron chi connectivity index (χ4n) is 3.23. The van der Waals surface area contributed by atoms with Crippen molar-refractivity contribution in [1.82, 2.24) is 9.73 Å². The first-order valence-electron chi connectivity index (χ1n) is 9.80. The largest absolute Gasteiger partial charge is 0.573 e. The molecule has 172 valence electrons. The number of nitrogens with zero attached hydrogens (tertiary/aromatic N) is 2. The van der Waals surface area contributed by atoms with Gasteiger partial charge in [0.05, 0.1) is 11.1 Å². The summed E-state index contributed by atoms with van der Waals surface area (Å²) in [4.78, 5) is 12.5. The number of halogens is 3. The van der Waals surface area contributed by atoms with Crippen LogP contribution in [0.25, 0.3) is 0 Å². The fourth-order valence-corrected chi connectivity index (χ4v) is 4.70. The van der Waals surface area contributed by atoms with Crippen molar-refractivity contribution in [3.05, 3.63) is 59.7 Å². The molecule has 0 bridgehead atoms. The molecule has 0 saturated carbocycles. The van der Waals surface area contributed by atoms with Crippen LogP contribution in [0.15, 0.2) is 58.5 Å². The quantitative estimate of drug-likeness (QED) is 0.519. The monoisotopic (exact) mass is 469 g/mol. The van der Waals surface area contributed by atoms with Crippen molar-refractivity contribution in [3.8, 4) is 5.75 Å². The molecule has 7 nitrogen and oxygen atoms in total. The van der Waals surface area contributed by atoms with Crippen molar-refractivity contribution in [3.63, 3.8) is 0 Å². The van der Waals surface area contributed by atoms with E-state index in [4.69, 9.17) is 0 Å². The van der Waals surface area contributed by atoms with E-state index in [0.717, 1.165) is 17.7 Å². The number of ether oxygens (including phenoxy) is 1. The number of benzene rings is 2. The average Bonchev–Trinajstić information content (AvgIpc) is 2.74. The predicted molar refractivity (Wildman–Crippen MR) is 112 cm³/mol. The number of amides is 1. The third kappa shape index (κ3) is 6.30. The molecule has 3 rings (SSSR count). The summed E-state index contributed by atoms with van der Waals surface area (Å²) >= 11 is 0. The topological polar surface area (TPSA) is 88.1 Å². The van der Waals surface area contributed by atoms with Crippen molar-refractivity contribution >= 4 is 22.1 Å². The molecule has 1 fully saturated rings. The molecule has 0 spiro atoms. The van der Waals surface area contributed by atoms with Crippen molar-refractivity contribution in [1.29, 1.82) is 0 Å². The molecule has 1 N–H and O–H groups in total. The number of sulfonamides is 1. The van der Waals surface area contributed by atoms with E-state index < -0.39 is 16.4 Å². The number of carbonyl (C=O) groups excluding carboxylic acids is 1. The average molecular weight is 469 g/mol. The van der Waals surface area contributed by atoms with Gasteiger partial charge in [-0.15, -0.1) is 13.2 Å². The lowest BCUT2D eigenvalue weighted by Gasteiger charge is -2.30. The van der Waals surface area contributed by atoms with Crippen molar-refractivity contribution in [2.75, 3.05) is 13.1 Å². The minimum absolute atomic E-state index is 0.221. The third-order valence-corrected chi connectivity index (χ3v) is 6.90. The first-order valence-corrected chi connectivity index (χ1v) is 11.2. The van der Waals surface area contributed by atoms with Crippen LogP contribution in [0, 0.1) is 12.8 Å². The van der Waals surface area contributed by atoms with Gasteiger partial charge in [0.1, 0.15) is 5.75 Å². The number of carbonyl (C=O) groups is 1. The van der Waals surface area contributed by atoms with Crippen LogP contribution in [0.1, 0.15) is 24.0 Å². The molecular formula is C21H22F3N3O4S. The molecule has 32 heavy (non-hydrogen) atoms. The lowest BCUT2D eigenvalue weighted by molar-refractivity contribution is -0.274. The summed E-state index contributed by atoms with van der Waals surface area (Å²) < 4.78 is 67.1. The second kappa shape index (κ2) is 9.70. The molecule has 0 atom stereocenters. The predicted octanol–water partition coefficient (Wildman–Crippen LogP) is 3.44. The Balaban J connectivity index is 1.50. The zero-order valence-electron chi connectivity index (χ0n) is 17.2. The molecule has 1 heterocycles. The van der Waals surface area contributed by atoms with Crippen LogP contribution in [-0.4, -0.2) is 44.3 Å². The van der Waals surface area contributed by atoms with Gasteiger partial charge in [-0.1, -0.05) is 17.7 Å². The molecule has 0 radical (unpaired) electrons.